The maximum Gasteiger partial charge on any atom is 0.408 e. The van der Waals surface area contributed by atoms with Crippen LogP contribution < -0.4 is 15.7 Å². The SMILES string of the molecule is CC(C)(C)ONC(=O)c1ccc2c(c1)N(Cc1ccc(Cl)cc1)C(=O)[C@@H](NC(=O)OC(C)(C)C)CS2(=O)=O. The highest BCUT2D eigenvalue weighted by Crippen LogP contribution is 2.33. The number of hydrogen-bond donors (Lipinski definition) is 2. The molecule has 10 nitrogen and oxygen atoms in total. The van der Waals surface area contributed by atoms with Gasteiger partial charge in [-0.25, -0.2) is 18.7 Å². The van der Waals surface area contributed by atoms with Crippen molar-refractivity contribution < 1.29 is 32.4 Å². The average Bonchev–Trinajstić information content (AvgIpc) is 2.85. The Balaban J connectivity index is 2.07. The van der Waals surface area contributed by atoms with E-state index >= 15 is 0 Å². The van der Waals surface area contributed by atoms with E-state index in [2.05, 4.69) is 10.8 Å². The highest BCUT2D eigenvalue weighted by atomic mass is 35.5. The van der Waals surface area contributed by atoms with E-state index in [0.717, 1.165) is 0 Å². The van der Waals surface area contributed by atoms with E-state index in [-0.39, 0.29) is 22.7 Å². The molecular weight excluding hydrogens is 534 g/mol. The summed E-state index contributed by atoms with van der Waals surface area (Å²) in [6, 6.07) is 9.16. The number of benzene rings is 2. The van der Waals surface area contributed by atoms with E-state index in [1.165, 1.54) is 23.1 Å². The summed E-state index contributed by atoms with van der Waals surface area (Å²) in [6.07, 6.45) is -0.928. The highest BCUT2D eigenvalue weighted by molar-refractivity contribution is 7.91. The van der Waals surface area contributed by atoms with Crippen molar-refractivity contribution in [1.82, 2.24) is 10.8 Å². The lowest BCUT2D eigenvalue weighted by atomic mass is 10.1. The Morgan fingerprint density at radius 2 is 1.66 bits per heavy atom. The zero-order chi connectivity index (χ0) is 28.5. The Bertz CT molecular complexity index is 1330. The third-order valence-corrected chi connectivity index (χ3v) is 7.23. The number of halogens is 1. The number of carbonyl (C=O) groups excluding carboxylic acids is 3. The summed E-state index contributed by atoms with van der Waals surface area (Å²) in [7, 11) is -4.08. The molecule has 0 saturated heterocycles. The summed E-state index contributed by atoms with van der Waals surface area (Å²) in [5.41, 5.74) is 1.54. The molecule has 0 aromatic heterocycles. The van der Waals surface area contributed by atoms with Crippen LogP contribution in [0.2, 0.25) is 5.02 Å². The molecular formula is C26H32ClN3O7S. The third kappa shape index (κ3) is 7.68. The number of nitrogens with one attached hydrogen (secondary N) is 2. The van der Waals surface area contributed by atoms with Crippen LogP contribution in [0.3, 0.4) is 0 Å². The molecule has 1 aliphatic heterocycles. The lowest BCUT2D eigenvalue weighted by Crippen LogP contribution is -2.51. The van der Waals surface area contributed by atoms with Gasteiger partial charge < -0.3 is 15.0 Å². The number of anilines is 1. The van der Waals surface area contributed by atoms with Gasteiger partial charge in [-0.05, 0) is 77.4 Å². The van der Waals surface area contributed by atoms with Gasteiger partial charge in [-0.2, -0.15) is 0 Å². The van der Waals surface area contributed by atoms with Crippen LogP contribution in [0.4, 0.5) is 10.5 Å². The molecule has 1 atom stereocenters. The first-order valence-corrected chi connectivity index (χ1v) is 13.9. The van der Waals surface area contributed by atoms with Crippen molar-refractivity contribution in [3.05, 3.63) is 58.6 Å². The summed E-state index contributed by atoms with van der Waals surface area (Å²) < 4.78 is 32.0. The molecule has 2 aromatic carbocycles. The van der Waals surface area contributed by atoms with Gasteiger partial charge in [0.2, 0.25) is 0 Å². The molecule has 0 unspecified atom stereocenters. The molecule has 0 bridgehead atoms. The van der Waals surface area contributed by atoms with Gasteiger partial charge in [0.1, 0.15) is 11.6 Å². The molecule has 0 aliphatic carbocycles. The van der Waals surface area contributed by atoms with Crippen LogP contribution in [0.15, 0.2) is 47.4 Å². The molecule has 1 aliphatic rings. The average molecular weight is 566 g/mol. The topological polar surface area (TPSA) is 131 Å². The number of carbonyl (C=O) groups is 3. The van der Waals surface area contributed by atoms with Gasteiger partial charge in [0.25, 0.3) is 11.8 Å². The largest absolute Gasteiger partial charge is 0.444 e. The monoisotopic (exact) mass is 565 g/mol. The van der Waals surface area contributed by atoms with E-state index < -0.39 is 50.7 Å². The van der Waals surface area contributed by atoms with Crippen LogP contribution in [0.5, 0.6) is 0 Å². The molecule has 38 heavy (non-hydrogen) atoms. The normalized spacial score (nSPS) is 17.3. The second-order valence-corrected chi connectivity index (χ2v) is 13.3. The molecule has 3 rings (SSSR count). The second-order valence-electron chi connectivity index (χ2n) is 10.9. The van der Waals surface area contributed by atoms with Crippen LogP contribution in [-0.2, 0) is 30.8 Å². The number of alkyl carbamates (subject to hydrolysis) is 1. The number of nitrogens with zero attached hydrogens (tertiary/aromatic N) is 1. The lowest BCUT2D eigenvalue weighted by molar-refractivity contribution is -0.120. The summed E-state index contributed by atoms with van der Waals surface area (Å²) >= 11 is 6.00. The molecule has 12 heteroatoms. The van der Waals surface area contributed by atoms with E-state index in [1.807, 2.05) is 0 Å². The standard InChI is InChI=1S/C26H32ClN3O7S/c1-25(2,3)36-24(33)28-19-15-38(34,35)21-12-9-17(22(31)29-37-26(4,5)6)13-20(21)30(23(19)32)14-16-7-10-18(27)11-8-16/h7-13,19H,14-15H2,1-6H3,(H,28,33)(H,29,31)/t19-/m0/s1. The number of rotatable bonds is 5. The first-order valence-electron chi connectivity index (χ1n) is 11.9. The molecule has 2 N–H and O–H groups in total. The molecule has 3 amide bonds. The zero-order valence-electron chi connectivity index (χ0n) is 22.1. The Morgan fingerprint density at radius 1 is 1.03 bits per heavy atom. The van der Waals surface area contributed by atoms with Crippen LogP contribution in [0, 0.1) is 0 Å². The second kappa shape index (κ2) is 10.9. The van der Waals surface area contributed by atoms with Gasteiger partial charge in [0, 0.05) is 10.6 Å². The highest BCUT2D eigenvalue weighted by Gasteiger charge is 2.39. The fraction of sp³-hybridized carbons (Fsp3) is 0.423. The number of amides is 3. The summed E-state index contributed by atoms with van der Waals surface area (Å²) in [5.74, 6) is -1.99. The maximum absolute atomic E-state index is 13.7. The smallest absolute Gasteiger partial charge is 0.408 e. The van der Waals surface area contributed by atoms with Crippen molar-refractivity contribution in [3.63, 3.8) is 0 Å². The predicted octanol–water partition coefficient (Wildman–Crippen LogP) is 4.01. The first-order chi connectivity index (χ1) is 17.4. The Kier molecular flexibility index (Phi) is 8.45. The van der Waals surface area contributed by atoms with Gasteiger partial charge in [0.05, 0.1) is 28.5 Å². The van der Waals surface area contributed by atoms with Gasteiger partial charge in [-0.15, -0.1) is 0 Å². The predicted molar refractivity (Wildman–Crippen MR) is 143 cm³/mol. The van der Waals surface area contributed by atoms with Gasteiger partial charge >= 0.3 is 6.09 Å². The molecule has 0 spiro atoms. The van der Waals surface area contributed by atoms with Gasteiger partial charge in [0.15, 0.2) is 9.84 Å². The minimum absolute atomic E-state index is 0.00171. The summed E-state index contributed by atoms with van der Waals surface area (Å²) in [5, 5.41) is 2.89. The number of fused-ring (bicyclic) bond motifs is 1. The fourth-order valence-corrected chi connectivity index (χ4v) is 5.30. The molecule has 2 aromatic rings. The minimum Gasteiger partial charge on any atom is -0.444 e. The van der Waals surface area contributed by atoms with Crippen molar-refractivity contribution >= 4 is 45.0 Å². The lowest BCUT2D eigenvalue weighted by Gasteiger charge is -2.27. The molecule has 0 radical (unpaired) electrons. The number of ether oxygens (including phenoxy) is 1. The van der Waals surface area contributed by atoms with E-state index in [1.54, 1.807) is 65.8 Å². The summed E-state index contributed by atoms with van der Waals surface area (Å²) in [4.78, 5) is 45.4. The molecule has 1 heterocycles. The van der Waals surface area contributed by atoms with Crippen molar-refractivity contribution in [2.75, 3.05) is 10.7 Å². The van der Waals surface area contributed by atoms with Crippen LogP contribution in [0.25, 0.3) is 0 Å². The van der Waals surface area contributed by atoms with Crippen molar-refractivity contribution in [2.45, 2.75) is 70.2 Å². The Morgan fingerprint density at radius 3 is 2.24 bits per heavy atom. The van der Waals surface area contributed by atoms with E-state index in [9.17, 15) is 22.8 Å². The van der Waals surface area contributed by atoms with Gasteiger partial charge in [-0.3, -0.25) is 14.4 Å². The van der Waals surface area contributed by atoms with Crippen molar-refractivity contribution in [3.8, 4) is 0 Å². The minimum atomic E-state index is -4.08. The van der Waals surface area contributed by atoms with Gasteiger partial charge in [-0.1, -0.05) is 23.7 Å². The van der Waals surface area contributed by atoms with E-state index in [0.29, 0.717) is 10.6 Å². The van der Waals surface area contributed by atoms with Crippen LogP contribution in [-0.4, -0.2) is 49.3 Å². The Hall–Kier alpha value is -3.15. The number of hydrogen-bond acceptors (Lipinski definition) is 7. The van der Waals surface area contributed by atoms with Crippen molar-refractivity contribution in [2.24, 2.45) is 0 Å². The van der Waals surface area contributed by atoms with E-state index in [4.69, 9.17) is 21.2 Å². The first kappa shape index (κ1) is 29.4. The van der Waals surface area contributed by atoms with Crippen LogP contribution in [0.1, 0.15) is 57.5 Å². The third-order valence-electron chi connectivity index (χ3n) is 5.19. The zero-order valence-corrected chi connectivity index (χ0v) is 23.7. The number of hydroxylamine groups is 1. The maximum atomic E-state index is 13.7. The van der Waals surface area contributed by atoms with Crippen molar-refractivity contribution in [1.29, 1.82) is 0 Å². The fourth-order valence-electron chi connectivity index (χ4n) is 3.57. The summed E-state index contributed by atoms with van der Waals surface area (Å²) in [6.45, 7) is 10.2. The molecule has 206 valence electrons. The molecule has 0 fully saturated rings. The molecule has 0 saturated carbocycles. The quantitative estimate of drug-likeness (QED) is 0.524. The van der Waals surface area contributed by atoms with Crippen LogP contribution >= 0.6 is 11.6 Å². The Labute approximate surface area is 227 Å². The number of sulfone groups is 1.